The van der Waals surface area contributed by atoms with E-state index in [1.165, 1.54) is 18.6 Å². The first-order chi connectivity index (χ1) is 7.18. The van der Waals surface area contributed by atoms with Crippen LogP contribution < -0.4 is 0 Å². The SMILES string of the molecule is CC(=O)/C=C/C(O)CCc1ccccc1. The van der Waals surface area contributed by atoms with Crippen molar-refractivity contribution in [3.05, 3.63) is 48.0 Å². The summed E-state index contributed by atoms with van der Waals surface area (Å²) < 4.78 is 0. The minimum absolute atomic E-state index is 0.0336. The molecule has 0 aliphatic heterocycles. The molecule has 0 spiro atoms. The molecule has 1 aromatic rings. The van der Waals surface area contributed by atoms with Crippen LogP contribution >= 0.6 is 0 Å². The van der Waals surface area contributed by atoms with Gasteiger partial charge in [-0.15, -0.1) is 0 Å². The van der Waals surface area contributed by atoms with E-state index in [-0.39, 0.29) is 5.78 Å². The van der Waals surface area contributed by atoms with Gasteiger partial charge in [0.1, 0.15) is 0 Å². The van der Waals surface area contributed by atoms with E-state index in [2.05, 4.69) is 0 Å². The summed E-state index contributed by atoms with van der Waals surface area (Å²) in [6.07, 6.45) is 3.90. The number of hydrogen-bond acceptors (Lipinski definition) is 2. The quantitative estimate of drug-likeness (QED) is 0.746. The van der Waals surface area contributed by atoms with Gasteiger partial charge in [-0.05, 0) is 31.4 Å². The maximum Gasteiger partial charge on any atom is 0.152 e. The molecule has 1 aromatic carbocycles. The van der Waals surface area contributed by atoms with Crippen molar-refractivity contribution in [3.63, 3.8) is 0 Å². The number of aliphatic hydroxyl groups excluding tert-OH is 1. The molecule has 1 N–H and O–H groups in total. The number of aryl methyl sites for hydroxylation is 1. The van der Waals surface area contributed by atoms with Crippen LogP contribution in [0.5, 0.6) is 0 Å². The average Bonchev–Trinajstić information content (AvgIpc) is 2.25. The summed E-state index contributed by atoms with van der Waals surface area (Å²) in [7, 11) is 0. The number of rotatable bonds is 5. The van der Waals surface area contributed by atoms with Crippen LogP contribution in [0.3, 0.4) is 0 Å². The molecule has 2 nitrogen and oxygen atoms in total. The van der Waals surface area contributed by atoms with Gasteiger partial charge < -0.3 is 5.11 Å². The van der Waals surface area contributed by atoms with Crippen LogP contribution in [-0.4, -0.2) is 17.0 Å². The molecule has 0 fully saturated rings. The maximum atomic E-state index is 10.6. The fourth-order valence-electron chi connectivity index (χ4n) is 1.30. The van der Waals surface area contributed by atoms with E-state index in [1.807, 2.05) is 30.3 Å². The Labute approximate surface area is 90.3 Å². The number of benzene rings is 1. The predicted molar refractivity (Wildman–Crippen MR) is 60.6 cm³/mol. The summed E-state index contributed by atoms with van der Waals surface area (Å²) in [5, 5.41) is 9.52. The van der Waals surface area contributed by atoms with Gasteiger partial charge in [0, 0.05) is 0 Å². The van der Waals surface area contributed by atoms with E-state index >= 15 is 0 Å². The van der Waals surface area contributed by atoms with Gasteiger partial charge in [-0.1, -0.05) is 36.4 Å². The topological polar surface area (TPSA) is 37.3 Å². The third-order valence-electron chi connectivity index (χ3n) is 2.12. The summed E-state index contributed by atoms with van der Waals surface area (Å²) in [5.74, 6) is -0.0336. The van der Waals surface area contributed by atoms with Crippen molar-refractivity contribution in [2.45, 2.75) is 25.9 Å². The Bertz CT molecular complexity index is 328. The minimum Gasteiger partial charge on any atom is -0.389 e. The zero-order chi connectivity index (χ0) is 11.1. The molecule has 0 amide bonds. The van der Waals surface area contributed by atoms with Crippen LogP contribution in [0.25, 0.3) is 0 Å². The second kappa shape index (κ2) is 6.14. The fraction of sp³-hybridized carbons (Fsp3) is 0.308. The number of allylic oxidation sites excluding steroid dienone is 1. The van der Waals surface area contributed by atoms with Gasteiger partial charge >= 0.3 is 0 Å². The highest BCUT2D eigenvalue weighted by molar-refractivity contribution is 5.87. The molecular formula is C13H16O2. The predicted octanol–water partition coefficient (Wildman–Crippen LogP) is 2.13. The lowest BCUT2D eigenvalue weighted by atomic mass is 10.1. The molecule has 0 radical (unpaired) electrons. The summed E-state index contributed by atoms with van der Waals surface area (Å²) in [6.45, 7) is 1.47. The Balaban J connectivity index is 2.34. The van der Waals surface area contributed by atoms with Crippen molar-refractivity contribution in [2.75, 3.05) is 0 Å². The van der Waals surface area contributed by atoms with Crippen LogP contribution in [0.2, 0.25) is 0 Å². The summed E-state index contributed by atoms with van der Waals surface area (Å²) in [5.41, 5.74) is 1.20. The molecule has 0 bridgehead atoms. The third-order valence-corrected chi connectivity index (χ3v) is 2.12. The van der Waals surface area contributed by atoms with Gasteiger partial charge in [0.25, 0.3) is 0 Å². The fourth-order valence-corrected chi connectivity index (χ4v) is 1.30. The third kappa shape index (κ3) is 5.13. The lowest BCUT2D eigenvalue weighted by Gasteiger charge is -2.04. The van der Waals surface area contributed by atoms with Crippen molar-refractivity contribution in [2.24, 2.45) is 0 Å². The van der Waals surface area contributed by atoms with Crippen LogP contribution in [-0.2, 0) is 11.2 Å². The molecule has 1 atom stereocenters. The molecule has 0 aliphatic rings. The summed E-state index contributed by atoms with van der Waals surface area (Å²) >= 11 is 0. The Hall–Kier alpha value is -1.41. The first kappa shape index (κ1) is 11.7. The molecule has 1 unspecified atom stereocenters. The Morgan fingerprint density at radius 3 is 2.67 bits per heavy atom. The number of hydrogen-bond donors (Lipinski definition) is 1. The summed E-state index contributed by atoms with van der Waals surface area (Å²) in [4.78, 5) is 10.6. The van der Waals surface area contributed by atoms with Crippen molar-refractivity contribution in [3.8, 4) is 0 Å². The zero-order valence-electron chi connectivity index (χ0n) is 8.89. The molecule has 0 heterocycles. The number of ketones is 1. The van der Waals surface area contributed by atoms with Gasteiger partial charge in [-0.25, -0.2) is 0 Å². The largest absolute Gasteiger partial charge is 0.389 e. The monoisotopic (exact) mass is 204 g/mol. The van der Waals surface area contributed by atoms with Crippen LogP contribution in [0.15, 0.2) is 42.5 Å². The lowest BCUT2D eigenvalue weighted by Crippen LogP contribution is -2.04. The zero-order valence-corrected chi connectivity index (χ0v) is 8.89. The molecule has 0 aliphatic carbocycles. The molecule has 0 saturated heterocycles. The molecular weight excluding hydrogens is 188 g/mol. The van der Waals surface area contributed by atoms with Gasteiger partial charge in [-0.3, -0.25) is 4.79 Å². The molecule has 1 rings (SSSR count). The Morgan fingerprint density at radius 1 is 1.40 bits per heavy atom. The highest BCUT2D eigenvalue weighted by atomic mass is 16.3. The number of aliphatic hydroxyl groups is 1. The van der Waals surface area contributed by atoms with Crippen molar-refractivity contribution >= 4 is 5.78 Å². The highest BCUT2D eigenvalue weighted by Gasteiger charge is 2.00. The maximum absolute atomic E-state index is 10.6. The van der Waals surface area contributed by atoms with E-state index < -0.39 is 6.10 Å². The lowest BCUT2D eigenvalue weighted by molar-refractivity contribution is -0.112. The van der Waals surface area contributed by atoms with E-state index in [4.69, 9.17) is 0 Å². The second-order valence-electron chi connectivity index (χ2n) is 3.56. The highest BCUT2D eigenvalue weighted by Crippen LogP contribution is 2.05. The van der Waals surface area contributed by atoms with Gasteiger partial charge in [0.15, 0.2) is 5.78 Å². The Morgan fingerprint density at radius 2 is 2.07 bits per heavy atom. The molecule has 0 saturated carbocycles. The van der Waals surface area contributed by atoms with Crippen molar-refractivity contribution < 1.29 is 9.90 Å². The van der Waals surface area contributed by atoms with Crippen LogP contribution in [0.1, 0.15) is 18.9 Å². The average molecular weight is 204 g/mol. The summed E-state index contributed by atoms with van der Waals surface area (Å²) in [6, 6.07) is 9.98. The second-order valence-corrected chi connectivity index (χ2v) is 3.56. The van der Waals surface area contributed by atoms with Crippen LogP contribution in [0, 0.1) is 0 Å². The smallest absolute Gasteiger partial charge is 0.152 e. The van der Waals surface area contributed by atoms with Gasteiger partial charge in [-0.2, -0.15) is 0 Å². The number of carbonyl (C=O) groups excluding carboxylic acids is 1. The van der Waals surface area contributed by atoms with E-state index in [0.29, 0.717) is 6.42 Å². The first-order valence-electron chi connectivity index (χ1n) is 5.09. The van der Waals surface area contributed by atoms with E-state index in [9.17, 15) is 9.90 Å². The molecule has 0 aromatic heterocycles. The van der Waals surface area contributed by atoms with Gasteiger partial charge in [0.05, 0.1) is 6.10 Å². The molecule has 15 heavy (non-hydrogen) atoms. The van der Waals surface area contributed by atoms with Crippen LogP contribution in [0.4, 0.5) is 0 Å². The van der Waals surface area contributed by atoms with Crippen molar-refractivity contribution in [1.29, 1.82) is 0 Å². The standard InChI is InChI=1S/C13H16O2/c1-11(14)7-9-13(15)10-8-12-5-3-2-4-6-12/h2-7,9,13,15H,8,10H2,1H3/b9-7+. The minimum atomic E-state index is -0.533. The Kier molecular flexibility index (Phi) is 4.78. The number of carbonyl (C=O) groups is 1. The van der Waals surface area contributed by atoms with Crippen molar-refractivity contribution in [1.82, 2.24) is 0 Å². The molecule has 2 heteroatoms. The normalized spacial score (nSPS) is 12.9. The first-order valence-corrected chi connectivity index (χ1v) is 5.09. The van der Waals surface area contributed by atoms with E-state index in [0.717, 1.165) is 6.42 Å². The van der Waals surface area contributed by atoms with Gasteiger partial charge in [0.2, 0.25) is 0 Å². The molecule has 80 valence electrons. The van der Waals surface area contributed by atoms with E-state index in [1.54, 1.807) is 6.08 Å².